The molecule has 0 aromatic carbocycles. The quantitative estimate of drug-likeness (QED) is 0.561. The number of ether oxygens (including phenoxy) is 1. The number of rotatable bonds is 5. The van der Waals surface area contributed by atoms with Crippen molar-refractivity contribution in [1.82, 2.24) is 14.8 Å². The third-order valence-electron chi connectivity index (χ3n) is 6.16. The summed E-state index contributed by atoms with van der Waals surface area (Å²) >= 11 is 0. The van der Waals surface area contributed by atoms with E-state index < -0.39 is 24.3 Å². The minimum absolute atomic E-state index is 0.444. The van der Waals surface area contributed by atoms with Crippen LogP contribution in [-0.2, 0) is 20.9 Å². The molecule has 204 valence electrons. The van der Waals surface area contributed by atoms with E-state index in [-0.39, 0.29) is 0 Å². The van der Waals surface area contributed by atoms with Crippen LogP contribution >= 0.6 is 0 Å². The molecule has 3 fully saturated rings. The zero-order valence-electron chi connectivity index (χ0n) is 19.5. The highest BCUT2D eigenvalue weighted by Crippen LogP contribution is 2.37. The number of methoxy groups -OCH3 is 1. The van der Waals surface area contributed by atoms with Gasteiger partial charge in [0.1, 0.15) is 0 Å². The molecule has 3 heterocycles. The topological polar surface area (TPSA) is 103 Å². The fourth-order valence-corrected chi connectivity index (χ4v) is 4.35. The number of likely N-dealkylation sites (tertiary alicyclic amines) is 2. The molecule has 8 nitrogen and oxygen atoms in total. The number of hydrogen-bond donors (Lipinski definition) is 2. The second-order valence-electron chi connectivity index (χ2n) is 8.89. The van der Waals surface area contributed by atoms with Crippen LogP contribution in [0.5, 0.6) is 0 Å². The lowest BCUT2D eigenvalue weighted by molar-refractivity contribution is -0.193. The maximum Gasteiger partial charge on any atom is 0.490 e. The number of alkyl halides is 6. The van der Waals surface area contributed by atoms with E-state index in [9.17, 15) is 26.3 Å². The van der Waals surface area contributed by atoms with E-state index >= 15 is 0 Å². The lowest BCUT2D eigenvalue weighted by Crippen LogP contribution is -2.51. The molecular formula is C22H29F6N3O5. The van der Waals surface area contributed by atoms with Gasteiger partial charge >= 0.3 is 24.3 Å². The van der Waals surface area contributed by atoms with Gasteiger partial charge in [-0.25, -0.2) is 9.59 Å². The maximum atomic E-state index is 10.6. The fourth-order valence-electron chi connectivity index (χ4n) is 4.35. The molecule has 0 bridgehead atoms. The molecule has 1 aromatic heterocycles. The van der Waals surface area contributed by atoms with Gasteiger partial charge < -0.3 is 14.9 Å². The summed E-state index contributed by atoms with van der Waals surface area (Å²) in [5, 5.41) is 14.2. The monoisotopic (exact) mass is 529 g/mol. The maximum absolute atomic E-state index is 10.6. The lowest BCUT2D eigenvalue weighted by atomic mass is 9.89. The summed E-state index contributed by atoms with van der Waals surface area (Å²) < 4.78 is 69.3. The van der Waals surface area contributed by atoms with Gasteiger partial charge in [-0.1, -0.05) is 6.07 Å². The molecule has 4 rings (SSSR count). The van der Waals surface area contributed by atoms with Gasteiger partial charge in [0, 0.05) is 64.2 Å². The zero-order valence-corrected chi connectivity index (χ0v) is 19.5. The molecule has 14 heteroatoms. The van der Waals surface area contributed by atoms with Crippen molar-refractivity contribution in [2.75, 3.05) is 33.3 Å². The van der Waals surface area contributed by atoms with Crippen LogP contribution in [0, 0.1) is 11.8 Å². The third-order valence-corrected chi connectivity index (χ3v) is 6.16. The van der Waals surface area contributed by atoms with Crippen molar-refractivity contribution >= 4 is 11.9 Å². The number of hydrogen-bond acceptors (Lipinski definition) is 6. The molecule has 36 heavy (non-hydrogen) atoms. The number of aromatic nitrogens is 1. The first-order chi connectivity index (χ1) is 16.7. The summed E-state index contributed by atoms with van der Waals surface area (Å²) in [6.45, 7) is 5.91. The lowest BCUT2D eigenvalue weighted by Gasteiger charge is -2.41. The Morgan fingerprint density at radius 2 is 1.64 bits per heavy atom. The Morgan fingerprint density at radius 3 is 2.08 bits per heavy atom. The molecule has 3 atom stereocenters. The molecule has 1 aromatic rings. The smallest absolute Gasteiger partial charge is 0.475 e. The van der Waals surface area contributed by atoms with E-state index in [2.05, 4.69) is 20.9 Å². The minimum Gasteiger partial charge on any atom is -0.475 e. The number of pyridine rings is 1. The van der Waals surface area contributed by atoms with Crippen LogP contribution in [-0.4, -0.2) is 94.7 Å². The zero-order chi connectivity index (χ0) is 27.1. The van der Waals surface area contributed by atoms with Crippen LogP contribution in [0.15, 0.2) is 24.5 Å². The first kappa shape index (κ1) is 29.8. The summed E-state index contributed by atoms with van der Waals surface area (Å²) in [4.78, 5) is 27.4. The Kier molecular flexibility index (Phi) is 10.5. The first-order valence-electron chi connectivity index (χ1n) is 11.2. The Morgan fingerprint density at radius 1 is 1.06 bits per heavy atom. The summed E-state index contributed by atoms with van der Waals surface area (Å²) in [5.41, 5.74) is 1.32. The molecule has 1 saturated carbocycles. The average molecular weight is 529 g/mol. The molecule has 2 aliphatic heterocycles. The van der Waals surface area contributed by atoms with E-state index in [4.69, 9.17) is 24.5 Å². The summed E-state index contributed by atoms with van der Waals surface area (Å²) in [6, 6.07) is 4.91. The second kappa shape index (κ2) is 12.7. The van der Waals surface area contributed by atoms with E-state index in [0.29, 0.717) is 18.1 Å². The number of fused-ring (bicyclic) bond motifs is 1. The molecule has 0 amide bonds. The van der Waals surface area contributed by atoms with E-state index in [1.165, 1.54) is 51.0 Å². The minimum atomic E-state index is -5.08. The van der Waals surface area contributed by atoms with Crippen molar-refractivity contribution in [3.8, 4) is 0 Å². The van der Waals surface area contributed by atoms with Gasteiger partial charge in [0.15, 0.2) is 0 Å². The van der Waals surface area contributed by atoms with Crippen LogP contribution in [0.4, 0.5) is 26.3 Å². The normalized spacial score (nSPS) is 24.6. The molecule has 0 radical (unpaired) electrons. The van der Waals surface area contributed by atoms with Crippen molar-refractivity contribution in [3.63, 3.8) is 0 Å². The Bertz CT molecular complexity index is 827. The fraction of sp³-hybridized carbons (Fsp3) is 0.682. The van der Waals surface area contributed by atoms with Crippen LogP contribution < -0.4 is 0 Å². The molecular weight excluding hydrogens is 500 g/mol. The van der Waals surface area contributed by atoms with Gasteiger partial charge in [-0.15, -0.1) is 0 Å². The number of piperidine rings is 1. The van der Waals surface area contributed by atoms with Gasteiger partial charge in [-0.05, 0) is 36.8 Å². The van der Waals surface area contributed by atoms with E-state index in [1.54, 1.807) is 0 Å². The molecule has 1 aliphatic carbocycles. The van der Waals surface area contributed by atoms with Gasteiger partial charge in [-0.2, -0.15) is 26.3 Å². The number of aliphatic carboxylic acids is 2. The van der Waals surface area contributed by atoms with Gasteiger partial charge in [0.05, 0.1) is 6.10 Å². The average Bonchev–Trinajstić information content (AvgIpc) is 3.50. The SMILES string of the molecule is CO[C@H]1CCN(CC2CC2)[C@@H]2CN(Cc3cccnc3)C[C@H]12.O=C(O)C(F)(F)F.O=C(O)C(F)(F)F. The predicted molar refractivity (Wildman–Crippen MR) is 114 cm³/mol. The number of carboxylic acids is 2. The van der Waals surface area contributed by atoms with Crippen LogP contribution in [0.2, 0.25) is 0 Å². The molecule has 2 saturated heterocycles. The Hall–Kier alpha value is -2.45. The van der Waals surface area contributed by atoms with Gasteiger partial charge in [0.25, 0.3) is 0 Å². The highest BCUT2D eigenvalue weighted by molar-refractivity contribution is 5.73. The van der Waals surface area contributed by atoms with Crippen molar-refractivity contribution in [1.29, 1.82) is 0 Å². The Labute approximate surface area is 203 Å². The Balaban J connectivity index is 0.000000271. The van der Waals surface area contributed by atoms with Crippen LogP contribution in [0.1, 0.15) is 24.8 Å². The number of carbonyl (C=O) groups is 2. The number of halogens is 6. The number of nitrogens with zero attached hydrogens (tertiary/aromatic N) is 3. The molecule has 2 N–H and O–H groups in total. The predicted octanol–water partition coefficient (Wildman–Crippen LogP) is 3.28. The van der Waals surface area contributed by atoms with Gasteiger partial charge in [0.2, 0.25) is 0 Å². The van der Waals surface area contributed by atoms with Crippen molar-refractivity contribution in [3.05, 3.63) is 30.1 Å². The summed E-state index contributed by atoms with van der Waals surface area (Å²) in [5.74, 6) is -3.86. The van der Waals surface area contributed by atoms with Crippen LogP contribution in [0.3, 0.4) is 0 Å². The standard InChI is InChI=1S/C18H27N3O.2C2HF3O2/c1-22-18-6-8-21(11-14-4-5-14)17-13-20(12-16(17)18)10-15-3-2-7-19-9-15;2*3-2(4,5)1(6)7/h2-3,7,9,14,16-18H,4-6,8,10-13H2,1H3;2*(H,6,7)/t16-,17+,18-;;/m0../s1. The first-order valence-corrected chi connectivity index (χ1v) is 11.2. The second-order valence-corrected chi connectivity index (χ2v) is 8.89. The third kappa shape index (κ3) is 9.54. The highest BCUT2D eigenvalue weighted by atomic mass is 19.4. The van der Waals surface area contributed by atoms with Crippen molar-refractivity contribution < 1.29 is 50.9 Å². The van der Waals surface area contributed by atoms with E-state index in [0.717, 1.165) is 12.5 Å². The molecule has 3 aliphatic rings. The largest absolute Gasteiger partial charge is 0.490 e. The van der Waals surface area contributed by atoms with Crippen LogP contribution in [0.25, 0.3) is 0 Å². The summed E-state index contributed by atoms with van der Waals surface area (Å²) in [6.07, 6.45) is -1.78. The highest BCUT2D eigenvalue weighted by Gasteiger charge is 2.45. The molecule has 0 unspecified atom stereocenters. The van der Waals surface area contributed by atoms with Gasteiger partial charge in [-0.3, -0.25) is 14.8 Å². The molecule has 0 spiro atoms. The van der Waals surface area contributed by atoms with Crippen molar-refractivity contribution in [2.45, 2.75) is 50.3 Å². The number of carboxylic acid groups (broad SMARTS) is 2. The van der Waals surface area contributed by atoms with E-state index in [1.807, 2.05) is 25.6 Å². The summed E-state index contributed by atoms with van der Waals surface area (Å²) in [7, 11) is 1.89. The van der Waals surface area contributed by atoms with Crippen molar-refractivity contribution in [2.24, 2.45) is 11.8 Å².